The summed E-state index contributed by atoms with van der Waals surface area (Å²) in [6.45, 7) is -0.0338. The lowest BCUT2D eigenvalue weighted by atomic mass is 10.0. The van der Waals surface area contributed by atoms with Crippen molar-refractivity contribution in [3.05, 3.63) is 54.2 Å². The van der Waals surface area contributed by atoms with E-state index < -0.39 is 48.4 Å². The van der Waals surface area contributed by atoms with Crippen LogP contribution in [-0.4, -0.2) is 75.0 Å². The minimum absolute atomic E-state index is 0.00110. The molecule has 0 radical (unpaired) electrons. The maximum absolute atomic E-state index is 12.9. The number of carbonyl (C=O) groups is 4. The molecule has 3 aromatic rings. The van der Waals surface area contributed by atoms with Crippen molar-refractivity contribution < 1.29 is 24.3 Å². The number of nitrogens with one attached hydrogen (secondary N) is 5. The lowest BCUT2D eigenvalue weighted by Crippen LogP contribution is -2.54. The molecule has 13 heteroatoms. The van der Waals surface area contributed by atoms with Gasteiger partial charge in [-0.2, -0.15) is 0 Å². The van der Waals surface area contributed by atoms with Crippen molar-refractivity contribution in [3.8, 4) is 0 Å². The van der Waals surface area contributed by atoms with Crippen LogP contribution in [0.1, 0.15) is 30.5 Å². The Morgan fingerprint density at radius 1 is 1.00 bits per heavy atom. The maximum Gasteiger partial charge on any atom is 0.326 e. The molecule has 0 spiro atoms. The van der Waals surface area contributed by atoms with Gasteiger partial charge in [-0.1, -0.05) is 18.2 Å². The Morgan fingerprint density at radius 3 is 2.50 bits per heavy atom. The monoisotopic (exact) mass is 526 g/mol. The van der Waals surface area contributed by atoms with Crippen LogP contribution in [-0.2, 0) is 32.0 Å². The number of nitrogens with zero attached hydrogens (tertiary/aromatic N) is 1. The number of para-hydroxylation sites is 1. The maximum atomic E-state index is 12.9. The van der Waals surface area contributed by atoms with Crippen molar-refractivity contribution in [2.24, 2.45) is 11.5 Å². The number of unbranched alkanes of at least 4 members (excludes halogenated alkanes) is 1. The van der Waals surface area contributed by atoms with E-state index in [1.165, 1.54) is 12.5 Å². The molecule has 10 N–H and O–H groups in total. The second-order valence-corrected chi connectivity index (χ2v) is 8.97. The summed E-state index contributed by atoms with van der Waals surface area (Å²) in [5.41, 5.74) is 14.1. The zero-order valence-corrected chi connectivity index (χ0v) is 20.9. The topological polar surface area (TPSA) is 221 Å². The first-order chi connectivity index (χ1) is 18.3. The largest absolute Gasteiger partial charge is 0.480 e. The molecule has 0 saturated carbocycles. The van der Waals surface area contributed by atoms with E-state index in [9.17, 15) is 24.3 Å². The highest BCUT2D eigenvalue weighted by Crippen LogP contribution is 2.18. The number of imidazole rings is 1. The van der Waals surface area contributed by atoms with E-state index in [0.29, 0.717) is 31.5 Å². The predicted molar refractivity (Wildman–Crippen MR) is 140 cm³/mol. The number of benzene rings is 1. The predicted octanol–water partition coefficient (Wildman–Crippen LogP) is -0.697. The molecule has 204 valence electrons. The number of carboxylic acid groups (broad SMARTS) is 1. The molecule has 0 saturated heterocycles. The van der Waals surface area contributed by atoms with E-state index in [4.69, 9.17) is 11.5 Å². The highest BCUT2D eigenvalue weighted by atomic mass is 16.4. The number of aromatic nitrogens is 3. The van der Waals surface area contributed by atoms with E-state index in [2.05, 4.69) is 30.9 Å². The number of rotatable bonds is 15. The molecule has 0 aliphatic heterocycles. The van der Waals surface area contributed by atoms with Crippen LogP contribution in [0.15, 0.2) is 43.0 Å². The first-order valence-electron chi connectivity index (χ1n) is 12.4. The standard InChI is InChI=1S/C25H34N8O5/c26-8-4-3-7-20(33-23(35)18(27)9-15-11-29-19-6-2-1-5-17(15)19)24(36)30-13-22(34)32-21(25(37)38)10-16-12-28-14-31-16/h1-2,5-6,11-12,14,18,20-21,29H,3-4,7-10,13,26-27H2,(H,28,31)(H,30,36)(H,32,34)(H,33,35)(H,37,38). The van der Waals surface area contributed by atoms with Crippen LogP contribution in [0.4, 0.5) is 0 Å². The molecular weight excluding hydrogens is 492 g/mol. The third-order valence-corrected chi connectivity index (χ3v) is 6.07. The van der Waals surface area contributed by atoms with E-state index in [1.807, 2.05) is 24.3 Å². The molecule has 0 aliphatic rings. The molecule has 0 aliphatic carbocycles. The van der Waals surface area contributed by atoms with E-state index in [-0.39, 0.29) is 12.8 Å². The third kappa shape index (κ3) is 8.15. The van der Waals surface area contributed by atoms with Crippen LogP contribution in [0.5, 0.6) is 0 Å². The number of carbonyl (C=O) groups excluding carboxylic acids is 3. The van der Waals surface area contributed by atoms with Crippen LogP contribution >= 0.6 is 0 Å². The van der Waals surface area contributed by atoms with Gasteiger partial charge in [0.15, 0.2) is 0 Å². The molecule has 3 amide bonds. The molecule has 38 heavy (non-hydrogen) atoms. The van der Waals surface area contributed by atoms with Gasteiger partial charge in [0.2, 0.25) is 17.7 Å². The molecule has 3 rings (SSSR count). The minimum Gasteiger partial charge on any atom is -0.480 e. The molecule has 0 bridgehead atoms. The van der Waals surface area contributed by atoms with Gasteiger partial charge in [0, 0.05) is 35.4 Å². The van der Waals surface area contributed by atoms with Gasteiger partial charge >= 0.3 is 5.97 Å². The zero-order valence-electron chi connectivity index (χ0n) is 20.9. The quantitative estimate of drug-likeness (QED) is 0.118. The number of nitrogens with two attached hydrogens (primary N) is 2. The Bertz CT molecular complexity index is 1230. The van der Waals surface area contributed by atoms with Crippen molar-refractivity contribution in [2.75, 3.05) is 13.1 Å². The van der Waals surface area contributed by atoms with Crippen LogP contribution in [0.2, 0.25) is 0 Å². The van der Waals surface area contributed by atoms with Crippen molar-refractivity contribution in [2.45, 2.75) is 50.2 Å². The summed E-state index contributed by atoms with van der Waals surface area (Å²) in [5, 5.41) is 17.9. The molecule has 2 heterocycles. The first kappa shape index (κ1) is 28.3. The smallest absolute Gasteiger partial charge is 0.326 e. The Labute approximate surface area is 219 Å². The SMILES string of the molecule is NCCCCC(NC(=O)C(N)Cc1c[nH]c2ccccc12)C(=O)NCC(=O)NC(Cc1cnc[nH]1)C(=O)O. The fourth-order valence-electron chi connectivity index (χ4n) is 4.02. The summed E-state index contributed by atoms with van der Waals surface area (Å²) in [7, 11) is 0. The Kier molecular flexibility index (Phi) is 10.4. The number of aromatic amines is 2. The minimum atomic E-state index is -1.23. The molecule has 2 aromatic heterocycles. The number of hydrogen-bond acceptors (Lipinski definition) is 7. The number of amides is 3. The van der Waals surface area contributed by atoms with Crippen LogP contribution in [0.3, 0.4) is 0 Å². The van der Waals surface area contributed by atoms with Crippen molar-refractivity contribution in [1.82, 2.24) is 30.9 Å². The molecule has 13 nitrogen and oxygen atoms in total. The number of carboxylic acids is 1. The van der Waals surface area contributed by atoms with Crippen molar-refractivity contribution in [3.63, 3.8) is 0 Å². The van der Waals surface area contributed by atoms with E-state index >= 15 is 0 Å². The summed E-state index contributed by atoms with van der Waals surface area (Å²) in [5.74, 6) is -2.99. The van der Waals surface area contributed by atoms with Gasteiger partial charge in [0.1, 0.15) is 12.1 Å². The molecule has 0 fully saturated rings. The van der Waals surface area contributed by atoms with Gasteiger partial charge < -0.3 is 42.5 Å². The number of aliphatic carboxylic acids is 1. The number of H-pyrrole nitrogens is 2. The lowest BCUT2D eigenvalue weighted by molar-refractivity contribution is -0.141. The van der Waals surface area contributed by atoms with Crippen LogP contribution in [0, 0.1) is 0 Å². The normalized spacial score (nSPS) is 13.4. The molecular formula is C25H34N8O5. The second kappa shape index (κ2) is 13.9. The summed E-state index contributed by atoms with van der Waals surface area (Å²) in [6, 6.07) is 4.62. The Hall–Kier alpha value is -4.23. The lowest BCUT2D eigenvalue weighted by Gasteiger charge is -2.21. The summed E-state index contributed by atoms with van der Waals surface area (Å²) < 4.78 is 0. The van der Waals surface area contributed by atoms with Gasteiger partial charge in [0.05, 0.1) is 18.9 Å². The average Bonchev–Trinajstić information content (AvgIpc) is 3.56. The highest BCUT2D eigenvalue weighted by Gasteiger charge is 2.26. The van der Waals surface area contributed by atoms with Gasteiger partial charge in [0.25, 0.3) is 0 Å². The number of fused-ring (bicyclic) bond motifs is 1. The highest BCUT2D eigenvalue weighted by molar-refractivity contribution is 5.93. The van der Waals surface area contributed by atoms with Gasteiger partial charge in [-0.25, -0.2) is 9.78 Å². The molecule has 3 atom stereocenters. The summed E-state index contributed by atoms with van der Waals surface area (Å²) >= 11 is 0. The van der Waals surface area contributed by atoms with Gasteiger partial charge in [-0.15, -0.1) is 0 Å². The van der Waals surface area contributed by atoms with Crippen LogP contribution < -0.4 is 27.4 Å². The summed E-state index contributed by atoms with van der Waals surface area (Å²) in [6.07, 6.45) is 6.46. The Morgan fingerprint density at radius 2 is 1.79 bits per heavy atom. The Balaban J connectivity index is 1.55. The first-order valence-corrected chi connectivity index (χ1v) is 12.4. The second-order valence-electron chi connectivity index (χ2n) is 8.97. The van der Waals surface area contributed by atoms with Crippen molar-refractivity contribution in [1.29, 1.82) is 0 Å². The van der Waals surface area contributed by atoms with Gasteiger partial charge in [-0.05, 0) is 43.9 Å². The summed E-state index contributed by atoms with van der Waals surface area (Å²) in [4.78, 5) is 59.3. The fraction of sp³-hybridized carbons (Fsp3) is 0.400. The number of hydrogen-bond donors (Lipinski definition) is 8. The van der Waals surface area contributed by atoms with E-state index in [1.54, 1.807) is 6.20 Å². The van der Waals surface area contributed by atoms with Crippen molar-refractivity contribution >= 4 is 34.6 Å². The zero-order chi connectivity index (χ0) is 27.5. The van der Waals surface area contributed by atoms with E-state index in [0.717, 1.165) is 16.5 Å². The van der Waals surface area contributed by atoms with Crippen LogP contribution in [0.25, 0.3) is 10.9 Å². The average molecular weight is 527 g/mol. The molecule has 3 unspecified atom stereocenters. The van der Waals surface area contributed by atoms with Gasteiger partial charge in [-0.3, -0.25) is 14.4 Å². The fourth-order valence-corrected chi connectivity index (χ4v) is 4.02. The third-order valence-electron chi connectivity index (χ3n) is 6.07. The molecule has 1 aromatic carbocycles.